The third kappa shape index (κ3) is 2.47. The quantitative estimate of drug-likeness (QED) is 0.610. The van der Waals surface area contributed by atoms with Crippen molar-refractivity contribution in [3.05, 3.63) is 51.8 Å². The molecular formula is C10H9Cl2N3S. The number of benzene rings is 1. The van der Waals surface area contributed by atoms with E-state index < -0.39 is 0 Å². The number of hydrogen-bond acceptors (Lipinski definition) is 4. The number of halogens is 2. The highest BCUT2D eigenvalue weighted by atomic mass is 35.5. The van der Waals surface area contributed by atoms with Gasteiger partial charge in [-0.05, 0) is 24.3 Å². The Bertz CT molecular complexity index is 485. The lowest BCUT2D eigenvalue weighted by Gasteiger charge is -2.20. The summed E-state index contributed by atoms with van der Waals surface area (Å²) < 4.78 is 1.43. The molecule has 4 N–H and O–H groups in total. The van der Waals surface area contributed by atoms with Gasteiger partial charge in [-0.2, -0.15) is 0 Å². The molecule has 1 heterocycles. The highest BCUT2D eigenvalue weighted by Crippen LogP contribution is 2.37. The Morgan fingerprint density at radius 2 is 2.00 bits per heavy atom. The van der Waals surface area contributed by atoms with E-state index in [-0.39, 0.29) is 0 Å². The van der Waals surface area contributed by atoms with Crippen LogP contribution in [0.2, 0.25) is 10.0 Å². The highest BCUT2D eigenvalue weighted by Gasteiger charge is 2.14. The summed E-state index contributed by atoms with van der Waals surface area (Å²) in [5.74, 6) is 5.66. The van der Waals surface area contributed by atoms with E-state index in [1.54, 1.807) is 24.4 Å². The molecule has 0 fully saturated rings. The van der Waals surface area contributed by atoms with Gasteiger partial charge in [0.05, 0.1) is 11.9 Å². The summed E-state index contributed by atoms with van der Waals surface area (Å²) >= 11 is 13.4. The minimum absolute atomic E-state index is 0.576. The normalized spacial score (nSPS) is 15.8. The monoisotopic (exact) mass is 273 g/mol. The number of allylic oxidation sites excluding steroid dienone is 1. The van der Waals surface area contributed by atoms with Crippen LogP contribution in [0.4, 0.5) is 0 Å². The fourth-order valence-electron chi connectivity index (χ4n) is 1.32. The smallest absolute Gasteiger partial charge is 0.0517 e. The number of hydrogen-bond donors (Lipinski definition) is 2. The van der Waals surface area contributed by atoms with Crippen LogP contribution in [-0.4, -0.2) is 4.41 Å². The Labute approximate surface area is 108 Å². The van der Waals surface area contributed by atoms with Gasteiger partial charge in [-0.25, -0.2) is 5.84 Å². The van der Waals surface area contributed by atoms with Crippen LogP contribution in [0, 0.1) is 0 Å². The zero-order chi connectivity index (χ0) is 11.7. The van der Waals surface area contributed by atoms with Gasteiger partial charge in [0.15, 0.2) is 0 Å². The second-order valence-electron chi connectivity index (χ2n) is 3.21. The Kier molecular flexibility index (Phi) is 3.35. The lowest BCUT2D eigenvalue weighted by Crippen LogP contribution is -2.21. The molecule has 3 nitrogen and oxygen atoms in total. The number of nitrogens with two attached hydrogens (primary N) is 2. The average molecular weight is 274 g/mol. The fourth-order valence-corrected chi connectivity index (χ4v) is 2.62. The zero-order valence-electron chi connectivity index (χ0n) is 8.15. The minimum Gasteiger partial charge on any atom is -0.397 e. The first kappa shape index (κ1) is 11.7. The summed E-state index contributed by atoms with van der Waals surface area (Å²) in [5.41, 5.74) is 7.12. The van der Waals surface area contributed by atoms with E-state index in [4.69, 9.17) is 34.8 Å². The van der Waals surface area contributed by atoms with Crippen molar-refractivity contribution in [2.75, 3.05) is 0 Å². The van der Waals surface area contributed by atoms with E-state index in [1.807, 2.05) is 6.08 Å². The lowest BCUT2D eigenvalue weighted by molar-refractivity contribution is 0.668. The van der Waals surface area contributed by atoms with Crippen LogP contribution in [0.5, 0.6) is 0 Å². The Morgan fingerprint density at radius 3 is 2.69 bits per heavy atom. The molecule has 1 aliphatic heterocycles. The molecule has 16 heavy (non-hydrogen) atoms. The van der Waals surface area contributed by atoms with Gasteiger partial charge in [-0.15, -0.1) is 0 Å². The largest absolute Gasteiger partial charge is 0.397 e. The van der Waals surface area contributed by atoms with Crippen molar-refractivity contribution in [3.63, 3.8) is 0 Å². The van der Waals surface area contributed by atoms with Crippen LogP contribution in [-0.2, 0) is 0 Å². The molecule has 1 aliphatic rings. The summed E-state index contributed by atoms with van der Waals surface area (Å²) in [4.78, 5) is 0.870. The van der Waals surface area contributed by atoms with E-state index in [0.717, 1.165) is 10.5 Å². The van der Waals surface area contributed by atoms with Crippen LogP contribution < -0.4 is 11.6 Å². The highest BCUT2D eigenvalue weighted by molar-refractivity contribution is 8.06. The molecular weight excluding hydrogens is 265 g/mol. The third-order valence-corrected chi connectivity index (χ3v) is 3.39. The van der Waals surface area contributed by atoms with Crippen LogP contribution in [0.25, 0.3) is 4.91 Å². The summed E-state index contributed by atoms with van der Waals surface area (Å²) in [7, 11) is 0. The van der Waals surface area contributed by atoms with Crippen LogP contribution in [0.3, 0.4) is 0 Å². The van der Waals surface area contributed by atoms with Crippen molar-refractivity contribution in [2.24, 2.45) is 11.6 Å². The first-order valence-electron chi connectivity index (χ1n) is 4.42. The molecule has 1 aromatic rings. The van der Waals surface area contributed by atoms with E-state index in [9.17, 15) is 0 Å². The molecule has 0 atom stereocenters. The topological polar surface area (TPSA) is 55.3 Å². The SMILES string of the molecule is NC1=CN(N)SC(c2cc(Cl)ccc2Cl)=C1. The first-order valence-corrected chi connectivity index (χ1v) is 5.95. The molecule has 0 amide bonds. The molecule has 0 aliphatic carbocycles. The van der Waals surface area contributed by atoms with Gasteiger partial charge < -0.3 is 5.73 Å². The maximum atomic E-state index is 6.09. The van der Waals surface area contributed by atoms with E-state index in [1.165, 1.54) is 16.4 Å². The van der Waals surface area contributed by atoms with Crippen LogP contribution in [0.1, 0.15) is 5.56 Å². The average Bonchev–Trinajstić information content (AvgIpc) is 2.20. The second-order valence-corrected chi connectivity index (χ2v) is 5.10. The number of nitrogens with zero attached hydrogens (tertiary/aromatic N) is 1. The third-order valence-electron chi connectivity index (χ3n) is 1.97. The van der Waals surface area contributed by atoms with E-state index in [0.29, 0.717) is 15.7 Å². The van der Waals surface area contributed by atoms with Gasteiger partial charge in [-0.1, -0.05) is 23.2 Å². The van der Waals surface area contributed by atoms with Gasteiger partial charge >= 0.3 is 0 Å². The summed E-state index contributed by atoms with van der Waals surface area (Å²) in [5, 5.41) is 1.24. The molecule has 0 aromatic heterocycles. The number of rotatable bonds is 1. The molecule has 0 saturated carbocycles. The molecule has 0 spiro atoms. The fraction of sp³-hybridized carbons (Fsp3) is 0. The Hall–Kier alpha value is -0.810. The Balaban J connectivity index is 2.45. The van der Waals surface area contributed by atoms with Crippen molar-refractivity contribution in [1.82, 2.24) is 4.41 Å². The predicted molar refractivity (Wildman–Crippen MR) is 70.3 cm³/mol. The summed E-state index contributed by atoms with van der Waals surface area (Å²) in [6.07, 6.45) is 3.44. The summed E-state index contributed by atoms with van der Waals surface area (Å²) in [6.45, 7) is 0. The standard InChI is InChI=1S/C10H9Cl2N3S/c11-6-1-2-9(12)8(3-6)10-4-7(13)5-15(14)16-10/h1-5H,13-14H2. The first-order chi connectivity index (χ1) is 7.56. The van der Waals surface area contributed by atoms with Crippen LogP contribution >= 0.6 is 35.1 Å². The summed E-state index contributed by atoms with van der Waals surface area (Å²) in [6, 6.07) is 5.27. The van der Waals surface area contributed by atoms with Gasteiger partial charge in [0.2, 0.25) is 0 Å². The van der Waals surface area contributed by atoms with Gasteiger partial charge in [0.1, 0.15) is 0 Å². The van der Waals surface area contributed by atoms with Gasteiger partial charge in [0, 0.05) is 32.5 Å². The molecule has 0 saturated heterocycles. The van der Waals surface area contributed by atoms with Crippen LogP contribution in [0.15, 0.2) is 36.2 Å². The second kappa shape index (κ2) is 4.59. The minimum atomic E-state index is 0.576. The molecule has 1 aromatic carbocycles. The van der Waals surface area contributed by atoms with Crippen molar-refractivity contribution in [1.29, 1.82) is 0 Å². The van der Waals surface area contributed by atoms with E-state index >= 15 is 0 Å². The van der Waals surface area contributed by atoms with Gasteiger partial charge in [0.25, 0.3) is 0 Å². The molecule has 2 rings (SSSR count). The predicted octanol–water partition coefficient (Wildman–Crippen LogP) is 2.97. The van der Waals surface area contributed by atoms with Crippen molar-refractivity contribution in [2.45, 2.75) is 0 Å². The van der Waals surface area contributed by atoms with Crippen molar-refractivity contribution in [3.8, 4) is 0 Å². The molecule has 0 bridgehead atoms. The number of hydrazine groups is 1. The molecule has 6 heteroatoms. The van der Waals surface area contributed by atoms with Gasteiger partial charge in [-0.3, -0.25) is 4.41 Å². The maximum Gasteiger partial charge on any atom is 0.0517 e. The van der Waals surface area contributed by atoms with E-state index in [2.05, 4.69) is 0 Å². The molecule has 84 valence electrons. The molecule has 0 unspecified atom stereocenters. The lowest BCUT2D eigenvalue weighted by atomic mass is 10.2. The van der Waals surface area contributed by atoms with Crippen molar-refractivity contribution >= 4 is 40.1 Å². The maximum absolute atomic E-state index is 6.09. The van der Waals surface area contributed by atoms with Crippen molar-refractivity contribution < 1.29 is 0 Å². The molecule has 0 radical (unpaired) electrons. The zero-order valence-corrected chi connectivity index (χ0v) is 10.5. The Morgan fingerprint density at radius 1 is 1.25 bits per heavy atom.